The number of ketones is 1. The first-order valence-electron chi connectivity index (χ1n) is 8.62. The first-order chi connectivity index (χ1) is 11.9. The van der Waals surface area contributed by atoms with E-state index in [2.05, 4.69) is 18.7 Å². The predicted octanol–water partition coefficient (Wildman–Crippen LogP) is 4.96. The number of allylic oxidation sites excluding steroid dienone is 5. The Hall–Kier alpha value is -2.36. The van der Waals surface area contributed by atoms with Crippen LogP contribution in [0.15, 0.2) is 59.6 Å². The van der Waals surface area contributed by atoms with E-state index in [1.807, 2.05) is 30.5 Å². The van der Waals surface area contributed by atoms with E-state index in [0.29, 0.717) is 12.0 Å². The van der Waals surface area contributed by atoms with E-state index < -0.39 is 0 Å². The highest BCUT2D eigenvalue weighted by molar-refractivity contribution is 6.09. The molecule has 0 aromatic heterocycles. The third kappa shape index (κ3) is 3.68. The SMILES string of the molecule is COc1ccc(N2C=C(C(=O)C3=CCC(F)=CC3)C(C)(C)CC2)cc1. The molecule has 1 heterocycles. The molecule has 1 aliphatic heterocycles. The number of rotatable bonds is 4. The molecule has 0 N–H and O–H groups in total. The second-order valence-electron chi connectivity index (χ2n) is 7.19. The molecule has 0 amide bonds. The molecule has 0 unspecified atom stereocenters. The lowest BCUT2D eigenvalue weighted by Gasteiger charge is -2.37. The van der Waals surface area contributed by atoms with E-state index in [9.17, 15) is 9.18 Å². The maximum Gasteiger partial charge on any atom is 0.187 e. The third-order valence-electron chi connectivity index (χ3n) is 5.02. The molecule has 0 saturated heterocycles. The summed E-state index contributed by atoms with van der Waals surface area (Å²) in [6.45, 7) is 5.05. The van der Waals surface area contributed by atoms with Crippen LogP contribution in [0.1, 0.15) is 33.1 Å². The summed E-state index contributed by atoms with van der Waals surface area (Å²) < 4.78 is 18.4. The van der Waals surface area contributed by atoms with Crippen LogP contribution >= 0.6 is 0 Å². The normalized spacial score (nSPS) is 19.7. The molecule has 0 bridgehead atoms. The minimum atomic E-state index is -0.194. The number of Topliss-reactive ketones (excluding diaryl/α,β-unsaturated/α-hetero) is 1. The number of nitrogens with zero attached hydrogens (tertiary/aromatic N) is 1. The van der Waals surface area contributed by atoms with Gasteiger partial charge in [0.15, 0.2) is 5.78 Å². The highest BCUT2D eigenvalue weighted by atomic mass is 19.1. The van der Waals surface area contributed by atoms with Crippen molar-refractivity contribution in [2.24, 2.45) is 5.41 Å². The Morgan fingerprint density at radius 3 is 2.48 bits per heavy atom. The van der Waals surface area contributed by atoms with Crippen LogP contribution in [0.2, 0.25) is 0 Å². The molecule has 1 aromatic carbocycles. The molecule has 25 heavy (non-hydrogen) atoms. The van der Waals surface area contributed by atoms with E-state index in [1.165, 1.54) is 6.08 Å². The van der Waals surface area contributed by atoms with Crippen LogP contribution in [0.4, 0.5) is 10.1 Å². The van der Waals surface area contributed by atoms with E-state index in [1.54, 1.807) is 13.2 Å². The van der Waals surface area contributed by atoms with Crippen molar-refractivity contribution in [3.63, 3.8) is 0 Å². The summed E-state index contributed by atoms with van der Waals surface area (Å²) >= 11 is 0. The average molecular weight is 341 g/mol. The Morgan fingerprint density at radius 1 is 1.16 bits per heavy atom. The molecule has 1 aromatic rings. The summed E-state index contributed by atoms with van der Waals surface area (Å²) in [5, 5.41) is 0. The van der Waals surface area contributed by atoms with Crippen LogP contribution in [0, 0.1) is 5.41 Å². The number of hydrogen-bond acceptors (Lipinski definition) is 3. The molecule has 3 nitrogen and oxygen atoms in total. The Bertz CT molecular complexity index is 757. The van der Waals surface area contributed by atoms with Gasteiger partial charge in [-0.15, -0.1) is 0 Å². The zero-order valence-corrected chi connectivity index (χ0v) is 15.0. The Balaban J connectivity index is 1.88. The molecule has 4 heteroatoms. The van der Waals surface area contributed by atoms with E-state index in [-0.39, 0.29) is 23.4 Å². The van der Waals surface area contributed by atoms with Crippen molar-refractivity contribution in [2.75, 3.05) is 18.6 Å². The van der Waals surface area contributed by atoms with Gasteiger partial charge in [-0.2, -0.15) is 0 Å². The maximum absolute atomic E-state index is 13.2. The number of carbonyl (C=O) groups is 1. The number of benzene rings is 1. The Morgan fingerprint density at radius 2 is 1.88 bits per heavy atom. The summed E-state index contributed by atoms with van der Waals surface area (Å²) in [6, 6.07) is 7.82. The Labute approximate surface area is 148 Å². The van der Waals surface area contributed by atoms with Crippen LogP contribution < -0.4 is 9.64 Å². The molecule has 0 spiro atoms. The molecule has 3 rings (SSSR count). The topological polar surface area (TPSA) is 29.5 Å². The monoisotopic (exact) mass is 341 g/mol. The predicted molar refractivity (Wildman–Crippen MR) is 98.3 cm³/mol. The molecule has 0 atom stereocenters. The van der Waals surface area contributed by atoms with Crippen molar-refractivity contribution in [3.05, 3.63) is 59.6 Å². The highest BCUT2D eigenvalue weighted by Crippen LogP contribution is 2.39. The number of anilines is 1. The first kappa shape index (κ1) is 17.5. The largest absolute Gasteiger partial charge is 0.497 e. The molecule has 0 fully saturated rings. The summed E-state index contributed by atoms with van der Waals surface area (Å²) in [4.78, 5) is 15.1. The molecule has 2 aliphatic rings. The second kappa shape index (κ2) is 6.87. The highest BCUT2D eigenvalue weighted by Gasteiger charge is 2.34. The van der Waals surface area contributed by atoms with Crippen molar-refractivity contribution in [3.8, 4) is 5.75 Å². The Kier molecular flexibility index (Phi) is 4.80. The smallest absolute Gasteiger partial charge is 0.187 e. The summed E-state index contributed by atoms with van der Waals surface area (Å²) in [7, 11) is 1.64. The van der Waals surface area contributed by atoms with Gasteiger partial charge in [0.2, 0.25) is 0 Å². The quantitative estimate of drug-likeness (QED) is 0.775. The molecule has 132 valence electrons. The summed E-state index contributed by atoms with van der Waals surface area (Å²) in [6.07, 6.45) is 6.67. The molecule has 0 radical (unpaired) electrons. The molecule has 1 aliphatic carbocycles. The van der Waals surface area contributed by atoms with Crippen LogP contribution in [0.25, 0.3) is 0 Å². The average Bonchev–Trinajstić information content (AvgIpc) is 2.62. The fourth-order valence-corrected chi connectivity index (χ4v) is 3.24. The third-order valence-corrected chi connectivity index (χ3v) is 5.02. The number of halogens is 1. The summed E-state index contributed by atoms with van der Waals surface area (Å²) in [5.41, 5.74) is 2.32. The van der Waals surface area contributed by atoms with Gasteiger partial charge >= 0.3 is 0 Å². The van der Waals surface area contributed by atoms with Gasteiger partial charge in [-0.3, -0.25) is 4.79 Å². The van der Waals surface area contributed by atoms with Gasteiger partial charge < -0.3 is 9.64 Å². The van der Waals surface area contributed by atoms with E-state index >= 15 is 0 Å². The fraction of sp³-hybridized carbons (Fsp3) is 0.381. The zero-order chi connectivity index (χ0) is 18.0. The van der Waals surface area contributed by atoms with Gasteiger partial charge in [-0.25, -0.2) is 4.39 Å². The van der Waals surface area contributed by atoms with Crippen molar-refractivity contribution < 1.29 is 13.9 Å². The van der Waals surface area contributed by atoms with Gasteiger partial charge in [0.05, 0.1) is 7.11 Å². The molecular weight excluding hydrogens is 317 g/mol. The van der Waals surface area contributed by atoms with Crippen molar-refractivity contribution in [1.29, 1.82) is 0 Å². The number of hydrogen-bond donors (Lipinski definition) is 0. The van der Waals surface area contributed by atoms with Crippen LogP contribution in [-0.4, -0.2) is 19.4 Å². The summed E-state index contributed by atoms with van der Waals surface area (Å²) in [5.74, 6) is 0.683. The number of methoxy groups -OCH3 is 1. The fourth-order valence-electron chi connectivity index (χ4n) is 3.24. The van der Waals surface area contributed by atoms with Crippen molar-refractivity contribution in [2.45, 2.75) is 33.1 Å². The second-order valence-corrected chi connectivity index (χ2v) is 7.19. The van der Waals surface area contributed by atoms with Gasteiger partial charge in [0.1, 0.15) is 11.6 Å². The lowest BCUT2D eigenvalue weighted by molar-refractivity contribution is -0.113. The number of carbonyl (C=O) groups excluding carboxylic acids is 1. The first-order valence-corrected chi connectivity index (χ1v) is 8.62. The van der Waals surface area contributed by atoms with Crippen molar-refractivity contribution in [1.82, 2.24) is 0 Å². The van der Waals surface area contributed by atoms with Gasteiger partial charge in [0, 0.05) is 36.0 Å². The number of ether oxygens (including phenoxy) is 1. The minimum Gasteiger partial charge on any atom is -0.497 e. The zero-order valence-electron chi connectivity index (χ0n) is 15.0. The van der Waals surface area contributed by atoms with Crippen LogP contribution in [0.3, 0.4) is 0 Å². The van der Waals surface area contributed by atoms with Crippen LogP contribution in [-0.2, 0) is 4.79 Å². The lowest BCUT2D eigenvalue weighted by Crippen LogP contribution is -2.35. The van der Waals surface area contributed by atoms with Crippen LogP contribution in [0.5, 0.6) is 5.75 Å². The maximum atomic E-state index is 13.2. The van der Waals surface area contributed by atoms with Gasteiger partial charge in [0.25, 0.3) is 0 Å². The minimum absolute atomic E-state index is 0.0342. The van der Waals surface area contributed by atoms with E-state index in [4.69, 9.17) is 4.74 Å². The van der Waals surface area contributed by atoms with Crippen molar-refractivity contribution >= 4 is 11.5 Å². The van der Waals surface area contributed by atoms with E-state index in [0.717, 1.165) is 30.0 Å². The standard InChI is InChI=1S/C21H24FNO2/c1-21(2)12-13-23(17-8-10-18(25-3)11-9-17)14-19(21)20(24)15-4-6-16(22)7-5-15/h4,7-11,14H,5-6,12-13H2,1-3H3. The molecule has 0 saturated carbocycles. The molecular formula is C21H24FNO2. The van der Waals surface area contributed by atoms with Gasteiger partial charge in [-0.1, -0.05) is 19.9 Å². The lowest BCUT2D eigenvalue weighted by atomic mass is 9.75. The van der Waals surface area contributed by atoms with Gasteiger partial charge in [-0.05, 0) is 48.6 Å².